The van der Waals surface area contributed by atoms with Gasteiger partial charge in [-0.05, 0) is 0 Å². The van der Waals surface area contributed by atoms with E-state index in [-0.39, 0.29) is 25.6 Å². The first-order valence-electron chi connectivity index (χ1n) is 2.80. The molecule has 0 unspecified atom stereocenters. The fourth-order valence-electron chi connectivity index (χ4n) is 0.177. The zero-order valence-electron chi connectivity index (χ0n) is 7.77. The van der Waals surface area contributed by atoms with Crippen molar-refractivity contribution in [2.24, 2.45) is 0 Å². The molecule has 0 amide bonds. The van der Waals surface area contributed by atoms with Crippen molar-refractivity contribution in [2.45, 2.75) is 6.18 Å². The molecule has 0 aromatic carbocycles. The van der Waals surface area contributed by atoms with Crippen molar-refractivity contribution >= 4 is 20.4 Å². The first-order chi connectivity index (χ1) is 6.56. The summed E-state index contributed by atoms with van der Waals surface area (Å²) >= 11 is 0. The van der Waals surface area contributed by atoms with Gasteiger partial charge in [-0.15, -0.1) is 0 Å². The maximum atomic E-state index is 11.1. The normalized spacial score (nSPS) is 7.40. The largest absolute Gasteiger partial charge is 0.409 e. The molecular formula is C8H11F3O3Ru. The fraction of sp³-hybridized carbons (Fsp3) is 0.125. The molecule has 0 saturated heterocycles. The van der Waals surface area contributed by atoms with Crippen molar-refractivity contribution in [3.05, 3.63) is 24.8 Å². The van der Waals surface area contributed by atoms with E-state index in [2.05, 4.69) is 6.58 Å². The maximum absolute atomic E-state index is 11.1. The van der Waals surface area contributed by atoms with Gasteiger partial charge in [0.05, 0.1) is 0 Å². The quantitative estimate of drug-likeness (QED) is 0.547. The van der Waals surface area contributed by atoms with Gasteiger partial charge in [-0.25, -0.2) is 0 Å². The minimum atomic E-state index is -4.20. The Bertz CT molecular complexity index is 144. The molecule has 0 aliphatic rings. The number of carbonyl (C=O) groups is 3. The Hall–Kier alpha value is -1.10. The summed E-state index contributed by atoms with van der Waals surface area (Å²) in [5.41, 5.74) is 0. The number of hydrogen-bond donors (Lipinski definition) is 0. The summed E-state index contributed by atoms with van der Waals surface area (Å²) in [5, 5.41) is 0. The molecule has 0 heterocycles. The van der Waals surface area contributed by atoms with Crippen LogP contribution in [0.4, 0.5) is 13.2 Å². The van der Waals surface area contributed by atoms with Gasteiger partial charge in [0.1, 0.15) is 20.4 Å². The third kappa shape index (κ3) is 101. The molecule has 0 fully saturated rings. The molecule has 0 bridgehead atoms. The standard InChI is InChI=1S/C5H5F3.3CH2O.Ru/c1-2-3-4-5(6,7)8;3*1-2;/h2-4H,1H2;3*1H2;. The van der Waals surface area contributed by atoms with Crippen LogP contribution in [0.1, 0.15) is 0 Å². The second-order valence-corrected chi connectivity index (χ2v) is 1.14. The van der Waals surface area contributed by atoms with Crippen LogP contribution >= 0.6 is 0 Å². The molecule has 0 aromatic heterocycles. The van der Waals surface area contributed by atoms with E-state index < -0.39 is 6.18 Å². The van der Waals surface area contributed by atoms with Crippen molar-refractivity contribution in [1.82, 2.24) is 0 Å². The monoisotopic (exact) mass is 314 g/mol. The van der Waals surface area contributed by atoms with E-state index in [0.29, 0.717) is 0 Å². The Morgan fingerprint density at radius 2 is 1.13 bits per heavy atom. The van der Waals surface area contributed by atoms with Crippen molar-refractivity contribution in [3.63, 3.8) is 0 Å². The van der Waals surface area contributed by atoms with Crippen LogP contribution in [0.3, 0.4) is 0 Å². The van der Waals surface area contributed by atoms with Crippen LogP contribution in [-0.2, 0) is 33.9 Å². The number of halogens is 3. The maximum Gasteiger partial charge on any atom is 0.409 e. The van der Waals surface area contributed by atoms with Gasteiger partial charge in [-0.3, -0.25) is 0 Å². The molecule has 0 saturated carbocycles. The zero-order valence-corrected chi connectivity index (χ0v) is 9.51. The SMILES string of the molecule is C=CC=CC(F)(F)F.C=O.C=O.C=O.[Ru]. The number of hydrogen-bond acceptors (Lipinski definition) is 3. The third-order valence-corrected chi connectivity index (χ3v) is 0.421. The smallest absolute Gasteiger partial charge is 0.307 e. The molecule has 90 valence electrons. The minimum Gasteiger partial charge on any atom is -0.307 e. The Balaban J connectivity index is -0.0000000410. The van der Waals surface area contributed by atoms with Crippen LogP contribution in [0.2, 0.25) is 0 Å². The van der Waals surface area contributed by atoms with E-state index in [4.69, 9.17) is 14.4 Å². The van der Waals surface area contributed by atoms with Crippen molar-refractivity contribution in [1.29, 1.82) is 0 Å². The number of rotatable bonds is 1. The molecule has 0 aromatic rings. The first-order valence-corrected chi connectivity index (χ1v) is 2.80. The van der Waals surface area contributed by atoms with Crippen LogP contribution in [0.15, 0.2) is 24.8 Å². The Morgan fingerprint density at radius 1 is 0.867 bits per heavy atom. The summed E-state index contributed by atoms with van der Waals surface area (Å²) in [4.78, 5) is 24.0. The van der Waals surface area contributed by atoms with Crippen LogP contribution in [0, 0.1) is 0 Å². The van der Waals surface area contributed by atoms with Crippen LogP contribution in [0.25, 0.3) is 0 Å². The van der Waals surface area contributed by atoms with Gasteiger partial charge in [0.2, 0.25) is 0 Å². The summed E-state index contributed by atoms with van der Waals surface area (Å²) in [5.74, 6) is 0. The fourth-order valence-corrected chi connectivity index (χ4v) is 0.177. The van der Waals surface area contributed by atoms with Crippen LogP contribution in [-0.4, -0.2) is 26.5 Å². The molecule has 15 heavy (non-hydrogen) atoms. The molecule has 0 radical (unpaired) electrons. The Morgan fingerprint density at radius 3 is 1.20 bits per heavy atom. The molecule has 0 N–H and O–H groups in total. The predicted molar refractivity (Wildman–Crippen MR) is 46.8 cm³/mol. The first kappa shape index (κ1) is 29.2. The van der Waals surface area contributed by atoms with Gasteiger partial charge in [0, 0.05) is 25.6 Å². The number of alkyl halides is 3. The second kappa shape index (κ2) is 29.3. The van der Waals surface area contributed by atoms with Gasteiger partial charge in [-0.1, -0.05) is 18.7 Å². The molecule has 0 rings (SSSR count). The topological polar surface area (TPSA) is 51.2 Å². The van der Waals surface area contributed by atoms with Gasteiger partial charge in [-0.2, -0.15) is 13.2 Å². The third-order valence-electron chi connectivity index (χ3n) is 0.421. The Kier molecular flexibility index (Phi) is 57.0. The molecule has 3 nitrogen and oxygen atoms in total. The van der Waals surface area contributed by atoms with Crippen molar-refractivity contribution in [2.75, 3.05) is 0 Å². The van der Waals surface area contributed by atoms with Crippen molar-refractivity contribution in [3.8, 4) is 0 Å². The summed E-state index contributed by atoms with van der Waals surface area (Å²) in [6.07, 6.45) is -2.15. The molecule has 0 atom stereocenters. The average Bonchev–Trinajstić information content (AvgIpc) is 2.23. The van der Waals surface area contributed by atoms with Crippen LogP contribution in [0.5, 0.6) is 0 Å². The second-order valence-electron chi connectivity index (χ2n) is 1.14. The predicted octanol–water partition coefficient (Wildman–Crippen LogP) is 1.73. The van der Waals surface area contributed by atoms with Gasteiger partial charge >= 0.3 is 6.18 Å². The zero-order chi connectivity index (χ0) is 12.6. The molecule has 0 spiro atoms. The van der Waals surface area contributed by atoms with Gasteiger partial charge < -0.3 is 14.4 Å². The van der Waals surface area contributed by atoms with Gasteiger partial charge in [0.15, 0.2) is 0 Å². The average molecular weight is 313 g/mol. The Labute approximate surface area is 98.8 Å². The molecular weight excluding hydrogens is 302 g/mol. The van der Waals surface area contributed by atoms with Gasteiger partial charge in [0.25, 0.3) is 0 Å². The minimum absolute atomic E-state index is 0. The summed E-state index contributed by atoms with van der Waals surface area (Å²) in [7, 11) is 0. The van der Waals surface area contributed by atoms with Crippen LogP contribution < -0.4 is 0 Å². The molecule has 7 heteroatoms. The van der Waals surface area contributed by atoms with E-state index in [1.165, 1.54) is 0 Å². The van der Waals surface area contributed by atoms with E-state index in [0.717, 1.165) is 12.2 Å². The van der Waals surface area contributed by atoms with E-state index in [1.54, 1.807) is 0 Å². The molecule has 0 aliphatic carbocycles. The molecule has 0 aliphatic heterocycles. The van der Waals surface area contributed by atoms with E-state index in [1.807, 2.05) is 20.4 Å². The summed E-state index contributed by atoms with van der Waals surface area (Å²) < 4.78 is 33.3. The van der Waals surface area contributed by atoms with E-state index >= 15 is 0 Å². The van der Waals surface area contributed by atoms with Crippen molar-refractivity contribution < 1.29 is 47.0 Å². The summed E-state index contributed by atoms with van der Waals surface area (Å²) in [6, 6.07) is 0. The van der Waals surface area contributed by atoms with E-state index in [9.17, 15) is 13.2 Å². The number of carbonyl (C=O) groups excluding carboxylic acids is 3. The number of allylic oxidation sites excluding steroid dienone is 3. The summed E-state index contributed by atoms with van der Waals surface area (Å²) in [6.45, 7) is 9.08.